The number of aryl methyl sites for hydroxylation is 1. The van der Waals surface area contributed by atoms with E-state index in [0.717, 1.165) is 10.4 Å². The Kier molecular flexibility index (Phi) is 10.4. The molecule has 0 saturated heterocycles. The SMILES string of the molecule is CNC(=O)[C@@H](C)N(Cc1cccc(OC)c1)C(=O)CN(c1cc(Cl)ccc1OC)S(=O)(=O)c1ccc(C)c([N+](=O)[O-])c1. The standard InChI is InChI=1S/C28H31ClN4O8S/c1-18-9-11-23(15-24(18)33(36)37)42(38,39)32(25-14-21(29)10-12-26(25)41-5)17-27(34)31(19(2)28(35)30-3)16-20-7-6-8-22(13-20)40-4/h6-15,19H,16-17H2,1-5H3,(H,30,35)/t19-/m1/s1. The summed E-state index contributed by atoms with van der Waals surface area (Å²) in [7, 11) is -0.386. The molecule has 0 radical (unpaired) electrons. The van der Waals surface area contributed by atoms with Crippen LogP contribution in [0.5, 0.6) is 11.5 Å². The third kappa shape index (κ3) is 7.09. The number of sulfonamides is 1. The molecule has 0 fully saturated rings. The number of nitrogens with one attached hydrogen (secondary N) is 1. The average molecular weight is 619 g/mol. The van der Waals surface area contributed by atoms with Crippen LogP contribution in [0, 0.1) is 17.0 Å². The second kappa shape index (κ2) is 13.5. The fourth-order valence-electron chi connectivity index (χ4n) is 4.20. The molecule has 1 N–H and O–H groups in total. The Hall–Kier alpha value is -4.36. The summed E-state index contributed by atoms with van der Waals surface area (Å²) in [6, 6.07) is 13.5. The number of nitro benzene ring substituents is 1. The molecule has 0 saturated carbocycles. The summed E-state index contributed by atoms with van der Waals surface area (Å²) in [5.41, 5.74) is 0.400. The molecule has 0 heterocycles. The van der Waals surface area contributed by atoms with Crippen molar-refractivity contribution in [3.63, 3.8) is 0 Å². The Bertz CT molecular complexity index is 1600. The van der Waals surface area contributed by atoms with Gasteiger partial charge < -0.3 is 19.7 Å². The summed E-state index contributed by atoms with van der Waals surface area (Å²) in [5.74, 6) is -0.603. The van der Waals surface area contributed by atoms with Gasteiger partial charge in [-0.2, -0.15) is 0 Å². The van der Waals surface area contributed by atoms with Crippen LogP contribution >= 0.6 is 11.6 Å². The second-order valence-electron chi connectivity index (χ2n) is 9.20. The van der Waals surface area contributed by atoms with Gasteiger partial charge >= 0.3 is 0 Å². The molecule has 3 aromatic carbocycles. The molecule has 0 aliphatic carbocycles. The number of rotatable bonds is 12. The number of amides is 2. The van der Waals surface area contributed by atoms with Gasteiger partial charge in [-0.1, -0.05) is 29.8 Å². The number of nitrogens with zero attached hydrogens (tertiary/aromatic N) is 3. The molecule has 0 spiro atoms. The maximum Gasteiger partial charge on any atom is 0.273 e. The second-order valence-corrected chi connectivity index (χ2v) is 11.5. The molecule has 2 amide bonds. The topological polar surface area (TPSA) is 148 Å². The molecule has 0 aliphatic rings. The number of halogens is 1. The Morgan fingerprint density at radius 1 is 1.07 bits per heavy atom. The highest BCUT2D eigenvalue weighted by Gasteiger charge is 2.34. The van der Waals surface area contributed by atoms with E-state index in [-0.39, 0.29) is 28.6 Å². The van der Waals surface area contributed by atoms with Crippen LogP contribution in [0.1, 0.15) is 18.1 Å². The van der Waals surface area contributed by atoms with Crippen molar-refractivity contribution in [1.82, 2.24) is 10.2 Å². The molecule has 0 aliphatic heterocycles. The van der Waals surface area contributed by atoms with Crippen LogP contribution in [0.3, 0.4) is 0 Å². The van der Waals surface area contributed by atoms with Gasteiger partial charge in [-0.15, -0.1) is 0 Å². The van der Waals surface area contributed by atoms with Gasteiger partial charge in [-0.3, -0.25) is 24.0 Å². The largest absolute Gasteiger partial charge is 0.497 e. The van der Waals surface area contributed by atoms with E-state index in [2.05, 4.69) is 5.32 Å². The average Bonchev–Trinajstić information content (AvgIpc) is 2.97. The van der Waals surface area contributed by atoms with E-state index in [9.17, 15) is 28.1 Å². The van der Waals surface area contributed by atoms with Crippen LogP contribution in [0.25, 0.3) is 0 Å². The van der Waals surface area contributed by atoms with E-state index in [1.54, 1.807) is 24.3 Å². The van der Waals surface area contributed by atoms with Crippen molar-refractivity contribution in [2.75, 3.05) is 32.1 Å². The molecule has 14 heteroatoms. The number of carbonyl (C=O) groups excluding carboxylic acids is 2. The summed E-state index contributed by atoms with van der Waals surface area (Å²) >= 11 is 6.22. The van der Waals surface area contributed by atoms with Crippen molar-refractivity contribution in [1.29, 1.82) is 0 Å². The minimum Gasteiger partial charge on any atom is -0.497 e. The first kappa shape index (κ1) is 32.2. The lowest BCUT2D eigenvalue weighted by atomic mass is 10.1. The normalized spacial score (nSPS) is 11.8. The molecule has 224 valence electrons. The predicted octanol–water partition coefficient (Wildman–Crippen LogP) is 3.93. The van der Waals surface area contributed by atoms with Gasteiger partial charge in [-0.05, 0) is 55.8 Å². The molecular weight excluding hydrogens is 588 g/mol. The Morgan fingerprint density at radius 2 is 1.79 bits per heavy atom. The number of hydrogen-bond donors (Lipinski definition) is 1. The van der Waals surface area contributed by atoms with Gasteiger partial charge in [0.05, 0.1) is 29.7 Å². The number of nitro groups is 1. The summed E-state index contributed by atoms with van der Waals surface area (Å²) < 4.78 is 39.6. The summed E-state index contributed by atoms with van der Waals surface area (Å²) in [6.07, 6.45) is 0. The first-order valence-corrected chi connectivity index (χ1v) is 14.4. The number of methoxy groups -OCH3 is 2. The van der Waals surface area contributed by atoms with Gasteiger partial charge in [0, 0.05) is 30.2 Å². The van der Waals surface area contributed by atoms with Crippen molar-refractivity contribution in [3.05, 3.63) is 86.9 Å². The summed E-state index contributed by atoms with van der Waals surface area (Å²) in [6.45, 7) is 2.15. The molecule has 1 atom stereocenters. The van der Waals surface area contributed by atoms with Crippen LogP contribution in [-0.2, 0) is 26.2 Å². The minimum absolute atomic E-state index is 0.0544. The van der Waals surface area contributed by atoms with E-state index in [1.165, 1.54) is 70.3 Å². The molecule has 0 aromatic heterocycles. The van der Waals surface area contributed by atoms with Crippen LogP contribution in [0.2, 0.25) is 5.02 Å². The van der Waals surface area contributed by atoms with E-state index >= 15 is 0 Å². The van der Waals surface area contributed by atoms with E-state index in [4.69, 9.17) is 21.1 Å². The third-order valence-corrected chi connectivity index (χ3v) is 8.55. The van der Waals surface area contributed by atoms with E-state index in [0.29, 0.717) is 11.3 Å². The van der Waals surface area contributed by atoms with Gasteiger partial charge in [0.15, 0.2) is 0 Å². The monoisotopic (exact) mass is 618 g/mol. The zero-order chi connectivity index (χ0) is 31.2. The fourth-order valence-corrected chi connectivity index (χ4v) is 5.81. The molecule has 0 bridgehead atoms. The number of hydrogen-bond acceptors (Lipinski definition) is 8. The van der Waals surface area contributed by atoms with Crippen molar-refractivity contribution in [2.24, 2.45) is 0 Å². The van der Waals surface area contributed by atoms with Crippen molar-refractivity contribution in [2.45, 2.75) is 31.3 Å². The van der Waals surface area contributed by atoms with Gasteiger partial charge in [-0.25, -0.2) is 8.42 Å². The maximum absolute atomic E-state index is 14.1. The molecular formula is C28H31ClN4O8S. The van der Waals surface area contributed by atoms with Crippen molar-refractivity contribution in [3.8, 4) is 11.5 Å². The van der Waals surface area contributed by atoms with Crippen LogP contribution in [0.15, 0.2) is 65.6 Å². The predicted molar refractivity (Wildman–Crippen MR) is 157 cm³/mol. The van der Waals surface area contributed by atoms with Gasteiger partial charge in [0.1, 0.15) is 24.1 Å². The highest BCUT2D eigenvalue weighted by Crippen LogP contribution is 2.36. The molecule has 42 heavy (non-hydrogen) atoms. The Balaban J connectivity index is 2.17. The number of carbonyl (C=O) groups is 2. The van der Waals surface area contributed by atoms with E-state index in [1.807, 2.05) is 0 Å². The van der Waals surface area contributed by atoms with Crippen molar-refractivity contribution < 1.29 is 32.4 Å². The van der Waals surface area contributed by atoms with Gasteiger partial charge in [0.25, 0.3) is 15.7 Å². The Morgan fingerprint density at radius 3 is 2.40 bits per heavy atom. The first-order chi connectivity index (χ1) is 19.8. The lowest BCUT2D eigenvalue weighted by molar-refractivity contribution is -0.385. The highest BCUT2D eigenvalue weighted by atomic mass is 35.5. The zero-order valence-electron chi connectivity index (χ0n) is 23.7. The van der Waals surface area contributed by atoms with Gasteiger partial charge in [0.2, 0.25) is 11.8 Å². The number of ether oxygens (including phenoxy) is 2. The lowest BCUT2D eigenvalue weighted by Gasteiger charge is -2.32. The summed E-state index contributed by atoms with van der Waals surface area (Å²) in [4.78, 5) is 38.3. The first-order valence-electron chi connectivity index (χ1n) is 12.6. The minimum atomic E-state index is -4.62. The highest BCUT2D eigenvalue weighted by molar-refractivity contribution is 7.92. The molecule has 3 rings (SSSR count). The quantitative estimate of drug-likeness (QED) is 0.237. The maximum atomic E-state index is 14.1. The third-order valence-electron chi connectivity index (χ3n) is 6.55. The Labute approximate surface area is 249 Å². The molecule has 3 aromatic rings. The van der Waals surface area contributed by atoms with Crippen molar-refractivity contribution >= 4 is 44.8 Å². The molecule has 0 unspecified atom stereocenters. The van der Waals surface area contributed by atoms with Crippen LogP contribution in [0.4, 0.5) is 11.4 Å². The smallest absolute Gasteiger partial charge is 0.273 e. The zero-order valence-corrected chi connectivity index (χ0v) is 25.2. The fraction of sp³-hybridized carbons (Fsp3) is 0.286. The van der Waals surface area contributed by atoms with Crippen LogP contribution < -0.4 is 19.1 Å². The molecule has 12 nitrogen and oxygen atoms in total. The number of likely N-dealkylation sites (N-methyl/N-ethyl adjacent to an activating group) is 1. The van der Waals surface area contributed by atoms with Crippen LogP contribution in [-0.4, -0.2) is 63.9 Å². The number of benzene rings is 3. The van der Waals surface area contributed by atoms with E-state index < -0.39 is 49.9 Å². The summed E-state index contributed by atoms with van der Waals surface area (Å²) in [5, 5.41) is 14.3. The number of anilines is 1. The lowest BCUT2D eigenvalue weighted by Crippen LogP contribution is -2.50.